The van der Waals surface area contributed by atoms with Gasteiger partial charge in [0.25, 0.3) is 0 Å². The molecule has 0 spiro atoms. The van der Waals surface area contributed by atoms with Gasteiger partial charge in [0.15, 0.2) is 0 Å². The van der Waals surface area contributed by atoms with Gasteiger partial charge in [0, 0.05) is 24.1 Å². The zero-order valence-corrected chi connectivity index (χ0v) is 11.2. The maximum absolute atomic E-state index is 13.9. The lowest BCUT2D eigenvalue weighted by Crippen LogP contribution is -2.04. The van der Waals surface area contributed by atoms with Crippen LogP contribution in [0, 0.1) is 11.6 Å². The summed E-state index contributed by atoms with van der Waals surface area (Å²) >= 11 is 0. The minimum atomic E-state index is -0.478. The standard InChI is InChI=1S/C15H15F2N3/c1-2-18-14-8-13(19-15(20-14)9-3-4-9)11-7-10(16)5-6-12(11)17/h5-9H,2-4H2,1H3,(H,18,19,20). The van der Waals surface area contributed by atoms with Crippen LogP contribution >= 0.6 is 0 Å². The molecular weight excluding hydrogens is 260 g/mol. The highest BCUT2D eigenvalue weighted by atomic mass is 19.1. The van der Waals surface area contributed by atoms with Crippen LogP contribution in [0.2, 0.25) is 0 Å². The molecule has 1 fully saturated rings. The van der Waals surface area contributed by atoms with E-state index in [-0.39, 0.29) is 5.56 Å². The van der Waals surface area contributed by atoms with E-state index < -0.39 is 11.6 Å². The summed E-state index contributed by atoms with van der Waals surface area (Å²) in [5.74, 6) is 0.765. The van der Waals surface area contributed by atoms with Gasteiger partial charge in [0.05, 0.1) is 5.69 Å². The molecule has 0 atom stereocenters. The minimum Gasteiger partial charge on any atom is -0.370 e. The van der Waals surface area contributed by atoms with Crippen molar-refractivity contribution in [3.8, 4) is 11.3 Å². The summed E-state index contributed by atoms with van der Waals surface area (Å²) in [4.78, 5) is 8.82. The number of nitrogens with one attached hydrogen (secondary N) is 1. The van der Waals surface area contributed by atoms with E-state index >= 15 is 0 Å². The Morgan fingerprint density at radius 1 is 1.20 bits per heavy atom. The Morgan fingerprint density at radius 2 is 2.00 bits per heavy atom. The molecule has 0 bridgehead atoms. The van der Waals surface area contributed by atoms with Gasteiger partial charge in [-0.15, -0.1) is 0 Å². The first-order valence-corrected chi connectivity index (χ1v) is 6.75. The average Bonchev–Trinajstić information content (AvgIpc) is 3.26. The highest BCUT2D eigenvalue weighted by Gasteiger charge is 2.27. The van der Waals surface area contributed by atoms with Crippen molar-refractivity contribution >= 4 is 5.82 Å². The summed E-state index contributed by atoms with van der Waals surface area (Å²) in [5.41, 5.74) is 0.600. The van der Waals surface area contributed by atoms with Gasteiger partial charge in [0.1, 0.15) is 23.3 Å². The van der Waals surface area contributed by atoms with Crippen LogP contribution in [0.4, 0.5) is 14.6 Å². The van der Waals surface area contributed by atoms with Crippen LogP contribution in [-0.4, -0.2) is 16.5 Å². The average molecular weight is 275 g/mol. The molecule has 1 N–H and O–H groups in total. The molecule has 1 heterocycles. The summed E-state index contributed by atoms with van der Waals surface area (Å²) < 4.78 is 27.2. The molecule has 2 aromatic rings. The van der Waals surface area contributed by atoms with Crippen molar-refractivity contribution in [3.05, 3.63) is 41.7 Å². The summed E-state index contributed by atoms with van der Waals surface area (Å²) in [6, 6.07) is 5.06. The van der Waals surface area contributed by atoms with E-state index in [1.807, 2.05) is 6.92 Å². The predicted octanol–water partition coefficient (Wildman–Crippen LogP) is 3.73. The predicted molar refractivity (Wildman–Crippen MR) is 73.5 cm³/mol. The molecule has 5 heteroatoms. The molecule has 0 saturated heterocycles. The number of hydrogen-bond donors (Lipinski definition) is 1. The van der Waals surface area contributed by atoms with Crippen molar-refractivity contribution in [2.45, 2.75) is 25.7 Å². The number of anilines is 1. The van der Waals surface area contributed by atoms with Gasteiger partial charge in [-0.3, -0.25) is 0 Å². The number of nitrogens with zero attached hydrogens (tertiary/aromatic N) is 2. The van der Waals surface area contributed by atoms with Gasteiger partial charge in [-0.2, -0.15) is 0 Å². The number of halogens is 2. The van der Waals surface area contributed by atoms with Gasteiger partial charge < -0.3 is 5.32 Å². The summed E-state index contributed by atoms with van der Waals surface area (Å²) in [6.45, 7) is 2.67. The van der Waals surface area contributed by atoms with Crippen molar-refractivity contribution in [1.82, 2.24) is 9.97 Å². The van der Waals surface area contributed by atoms with E-state index in [2.05, 4.69) is 15.3 Å². The highest BCUT2D eigenvalue weighted by molar-refractivity contribution is 5.63. The normalized spacial score (nSPS) is 14.3. The molecule has 0 radical (unpaired) electrons. The third-order valence-electron chi connectivity index (χ3n) is 3.25. The molecule has 104 valence electrons. The van der Waals surface area contributed by atoms with Crippen molar-refractivity contribution in [3.63, 3.8) is 0 Å². The first-order valence-electron chi connectivity index (χ1n) is 6.75. The fourth-order valence-electron chi connectivity index (χ4n) is 2.09. The van der Waals surface area contributed by atoms with Crippen molar-refractivity contribution < 1.29 is 8.78 Å². The molecule has 1 saturated carbocycles. The van der Waals surface area contributed by atoms with Crippen LogP contribution in [0.25, 0.3) is 11.3 Å². The second kappa shape index (κ2) is 5.15. The molecule has 1 aromatic heterocycles. The lowest BCUT2D eigenvalue weighted by Gasteiger charge is -2.09. The van der Waals surface area contributed by atoms with Crippen molar-refractivity contribution in [2.75, 3.05) is 11.9 Å². The monoisotopic (exact) mass is 275 g/mol. The fraction of sp³-hybridized carbons (Fsp3) is 0.333. The zero-order chi connectivity index (χ0) is 14.1. The molecule has 0 aliphatic heterocycles. The third-order valence-corrected chi connectivity index (χ3v) is 3.25. The Kier molecular flexibility index (Phi) is 3.34. The quantitative estimate of drug-likeness (QED) is 0.923. The molecule has 20 heavy (non-hydrogen) atoms. The SMILES string of the molecule is CCNc1cc(-c2cc(F)ccc2F)nc(C2CC2)n1. The Labute approximate surface area is 116 Å². The molecule has 0 amide bonds. The molecule has 1 aromatic carbocycles. The first kappa shape index (κ1) is 13.0. The van der Waals surface area contributed by atoms with Gasteiger partial charge >= 0.3 is 0 Å². The third kappa shape index (κ3) is 2.61. The Balaban J connectivity index is 2.09. The van der Waals surface area contributed by atoms with Gasteiger partial charge in [0.2, 0.25) is 0 Å². The Bertz CT molecular complexity index is 639. The second-order valence-corrected chi connectivity index (χ2v) is 4.93. The van der Waals surface area contributed by atoms with Crippen LogP contribution in [0.3, 0.4) is 0 Å². The van der Waals surface area contributed by atoms with Crippen molar-refractivity contribution in [2.24, 2.45) is 0 Å². The topological polar surface area (TPSA) is 37.8 Å². The van der Waals surface area contributed by atoms with Crippen LogP contribution in [-0.2, 0) is 0 Å². The van der Waals surface area contributed by atoms with Crippen molar-refractivity contribution in [1.29, 1.82) is 0 Å². The summed E-state index contributed by atoms with van der Waals surface area (Å²) in [5, 5.41) is 3.11. The number of aromatic nitrogens is 2. The van der Waals surface area contributed by atoms with E-state index in [0.717, 1.165) is 25.0 Å². The summed E-state index contributed by atoms with van der Waals surface area (Å²) in [6.07, 6.45) is 2.11. The van der Waals surface area contributed by atoms with Crippen LogP contribution in [0.1, 0.15) is 31.5 Å². The second-order valence-electron chi connectivity index (χ2n) is 4.93. The van der Waals surface area contributed by atoms with E-state index in [1.165, 1.54) is 6.07 Å². The highest BCUT2D eigenvalue weighted by Crippen LogP contribution is 2.39. The van der Waals surface area contributed by atoms with E-state index in [0.29, 0.717) is 29.8 Å². The maximum Gasteiger partial charge on any atom is 0.134 e. The maximum atomic E-state index is 13.9. The van der Waals surface area contributed by atoms with Crippen LogP contribution in [0.15, 0.2) is 24.3 Å². The van der Waals surface area contributed by atoms with Gasteiger partial charge in [-0.05, 0) is 38.0 Å². The molecule has 3 nitrogen and oxygen atoms in total. The lowest BCUT2D eigenvalue weighted by atomic mass is 10.1. The van der Waals surface area contributed by atoms with E-state index in [1.54, 1.807) is 6.07 Å². The summed E-state index contributed by atoms with van der Waals surface area (Å²) in [7, 11) is 0. The first-order chi connectivity index (χ1) is 9.67. The molecule has 3 rings (SSSR count). The largest absolute Gasteiger partial charge is 0.370 e. The zero-order valence-electron chi connectivity index (χ0n) is 11.2. The number of rotatable bonds is 4. The van der Waals surface area contributed by atoms with Crippen LogP contribution in [0.5, 0.6) is 0 Å². The van der Waals surface area contributed by atoms with Gasteiger partial charge in [-0.25, -0.2) is 18.7 Å². The number of benzene rings is 1. The molecule has 1 aliphatic carbocycles. The molecule has 0 unspecified atom stereocenters. The fourth-order valence-corrected chi connectivity index (χ4v) is 2.09. The molecular formula is C15H15F2N3. The lowest BCUT2D eigenvalue weighted by molar-refractivity contribution is 0.602. The smallest absolute Gasteiger partial charge is 0.134 e. The van der Waals surface area contributed by atoms with Crippen LogP contribution < -0.4 is 5.32 Å². The Morgan fingerprint density at radius 3 is 2.70 bits per heavy atom. The number of hydrogen-bond acceptors (Lipinski definition) is 3. The van der Waals surface area contributed by atoms with E-state index in [9.17, 15) is 8.78 Å². The Hall–Kier alpha value is -2.04. The minimum absolute atomic E-state index is 0.174. The van der Waals surface area contributed by atoms with E-state index in [4.69, 9.17) is 0 Å². The molecule has 1 aliphatic rings. The van der Waals surface area contributed by atoms with Gasteiger partial charge in [-0.1, -0.05) is 0 Å².